The molecule has 6 rings (SSSR count). The number of fused-ring (bicyclic) bond motifs is 2. The van der Waals surface area contributed by atoms with Crippen molar-refractivity contribution in [3.05, 3.63) is 106 Å². The van der Waals surface area contributed by atoms with E-state index in [1.807, 2.05) is 0 Å². The Hall–Kier alpha value is -5.03. The van der Waals surface area contributed by atoms with Gasteiger partial charge in [0, 0.05) is 22.8 Å². The topological polar surface area (TPSA) is 97.0 Å². The van der Waals surface area contributed by atoms with Crippen LogP contribution in [0.25, 0.3) is 11.1 Å². The Morgan fingerprint density at radius 2 is 1.70 bits per heavy atom. The third-order valence-electron chi connectivity index (χ3n) is 7.41. The molecule has 0 saturated heterocycles. The summed E-state index contributed by atoms with van der Waals surface area (Å²) in [5.74, 6) is -0.313. The highest BCUT2D eigenvalue weighted by molar-refractivity contribution is 6.31. The molecule has 8 nitrogen and oxygen atoms in total. The van der Waals surface area contributed by atoms with Gasteiger partial charge in [0.1, 0.15) is 6.04 Å². The van der Waals surface area contributed by atoms with Crippen molar-refractivity contribution in [1.82, 2.24) is 4.90 Å². The average Bonchev–Trinajstić information content (AvgIpc) is 3.44. The largest absolute Gasteiger partial charge is 0.454 e. The Kier molecular flexibility index (Phi) is 7.42. The van der Waals surface area contributed by atoms with Crippen LogP contribution in [-0.4, -0.2) is 35.5 Å². The molecule has 0 aliphatic carbocycles. The average molecular weight is 622 g/mol. The van der Waals surface area contributed by atoms with Crippen molar-refractivity contribution in [2.45, 2.75) is 25.7 Å². The van der Waals surface area contributed by atoms with E-state index in [4.69, 9.17) is 21.1 Å². The van der Waals surface area contributed by atoms with Crippen molar-refractivity contribution in [2.75, 3.05) is 17.4 Å². The van der Waals surface area contributed by atoms with Gasteiger partial charge in [-0.25, -0.2) is 0 Å². The highest BCUT2D eigenvalue weighted by atomic mass is 35.5. The van der Waals surface area contributed by atoms with E-state index in [1.54, 1.807) is 55.5 Å². The van der Waals surface area contributed by atoms with Crippen LogP contribution in [0.3, 0.4) is 0 Å². The lowest BCUT2D eigenvalue weighted by molar-refractivity contribution is -0.137. The van der Waals surface area contributed by atoms with Crippen molar-refractivity contribution in [2.24, 2.45) is 0 Å². The van der Waals surface area contributed by atoms with Gasteiger partial charge in [-0.3, -0.25) is 14.4 Å². The Labute approximate surface area is 254 Å². The number of ether oxygens (including phenoxy) is 2. The third kappa shape index (κ3) is 5.66. The van der Waals surface area contributed by atoms with E-state index in [9.17, 15) is 27.6 Å². The number of benzene rings is 4. The van der Waals surface area contributed by atoms with Crippen LogP contribution < -0.4 is 20.1 Å². The summed E-state index contributed by atoms with van der Waals surface area (Å²) in [6.07, 6.45) is -4.51. The van der Waals surface area contributed by atoms with Gasteiger partial charge in [0.2, 0.25) is 12.7 Å². The maximum atomic E-state index is 13.6. The first-order chi connectivity index (χ1) is 21.0. The molecule has 2 heterocycles. The van der Waals surface area contributed by atoms with Crippen LogP contribution in [0.1, 0.15) is 38.8 Å². The highest BCUT2D eigenvalue weighted by Gasteiger charge is 2.33. The van der Waals surface area contributed by atoms with Gasteiger partial charge >= 0.3 is 6.18 Å². The Bertz CT molecular complexity index is 1810. The van der Waals surface area contributed by atoms with Crippen LogP contribution in [0.4, 0.5) is 24.5 Å². The van der Waals surface area contributed by atoms with Gasteiger partial charge < -0.3 is 25.0 Å². The zero-order chi connectivity index (χ0) is 31.2. The molecule has 2 N–H and O–H groups in total. The van der Waals surface area contributed by atoms with Gasteiger partial charge in [-0.2, -0.15) is 13.2 Å². The molecule has 0 spiro atoms. The van der Waals surface area contributed by atoms with Gasteiger partial charge in [-0.1, -0.05) is 23.7 Å². The summed E-state index contributed by atoms with van der Waals surface area (Å²) in [4.78, 5) is 41.4. The first kappa shape index (κ1) is 29.1. The second-order valence-electron chi connectivity index (χ2n) is 10.3. The van der Waals surface area contributed by atoms with Crippen molar-refractivity contribution in [3.8, 4) is 22.6 Å². The number of hydrogen-bond acceptors (Lipinski definition) is 5. The van der Waals surface area contributed by atoms with Crippen LogP contribution >= 0.6 is 11.6 Å². The molecule has 4 aromatic carbocycles. The molecule has 2 aliphatic rings. The molecule has 0 aromatic heterocycles. The molecule has 3 amide bonds. The fraction of sp³-hybridized carbons (Fsp3) is 0.156. The SMILES string of the molecule is C[C@@H]1C(=O)Nc2cc(Cl)ccc2C(=O)N1Cc1ccc(C(=O)Nc2ccc(C(F)(F)F)cc2)c(-c2ccc3c(c2)OCO3)c1. The lowest BCUT2D eigenvalue weighted by atomic mass is 9.95. The number of halogens is 4. The normalized spacial score (nSPS) is 15.8. The molecule has 0 saturated carbocycles. The summed E-state index contributed by atoms with van der Waals surface area (Å²) in [5, 5.41) is 5.78. The van der Waals surface area contributed by atoms with Gasteiger partial charge in [0.15, 0.2) is 11.5 Å². The summed E-state index contributed by atoms with van der Waals surface area (Å²) in [7, 11) is 0. The lowest BCUT2D eigenvalue weighted by Gasteiger charge is -2.26. The molecule has 4 aromatic rings. The van der Waals surface area contributed by atoms with Crippen molar-refractivity contribution in [1.29, 1.82) is 0 Å². The molecule has 0 fully saturated rings. The predicted molar refractivity (Wildman–Crippen MR) is 157 cm³/mol. The summed E-state index contributed by atoms with van der Waals surface area (Å²) in [6, 6.07) is 18.1. The monoisotopic (exact) mass is 621 g/mol. The maximum Gasteiger partial charge on any atom is 0.416 e. The molecule has 0 unspecified atom stereocenters. The minimum Gasteiger partial charge on any atom is -0.454 e. The number of amides is 3. The van der Waals surface area contributed by atoms with Crippen molar-refractivity contribution < 1.29 is 37.0 Å². The molecule has 12 heteroatoms. The van der Waals surface area contributed by atoms with E-state index in [-0.39, 0.29) is 42.0 Å². The summed E-state index contributed by atoms with van der Waals surface area (Å²) < 4.78 is 50.0. The number of alkyl halides is 3. The van der Waals surface area contributed by atoms with E-state index < -0.39 is 23.7 Å². The lowest BCUT2D eigenvalue weighted by Crippen LogP contribution is -2.42. The van der Waals surface area contributed by atoms with Crippen LogP contribution in [0, 0.1) is 0 Å². The van der Waals surface area contributed by atoms with E-state index in [2.05, 4.69) is 10.6 Å². The molecule has 0 radical (unpaired) electrons. The van der Waals surface area contributed by atoms with Gasteiger partial charge in [-0.05, 0) is 90.3 Å². The zero-order valence-electron chi connectivity index (χ0n) is 23.0. The number of carbonyl (C=O) groups is 3. The third-order valence-corrected chi connectivity index (χ3v) is 7.65. The van der Waals surface area contributed by atoms with E-state index in [1.165, 1.54) is 23.1 Å². The smallest absolute Gasteiger partial charge is 0.416 e. The van der Waals surface area contributed by atoms with E-state index >= 15 is 0 Å². The number of anilines is 2. The summed E-state index contributed by atoms with van der Waals surface area (Å²) in [6.45, 7) is 1.70. The fourth-order valence-corrected chi connectivity index (χ4v) is 5.22. The number of hydrogen-bond donors (Lipinski definition) is 2. The second-order valence-corrected chi connectivity index (χ2v) is 10.7. The first-order valence-electron chi connectivity index (χ1n) is 13.4. The quantitative estimate of drug-likeness (QED) is 0.250. The molecule has 44 heavy (non-hydrogen) atoms. The summed E-state index contributed by atoms with van der Waals surface area (Å²) >= 11 is 6.08. The van der Waals surface area contributed by atoms with Gasteiger partial charge in [0.25, 0.3) is 11.8 Å². The van der Waals surface area contributed by atoms with Crippen LogP contribution in [0.5, 0.6) is 11.5 Å². The van der Waals surface area contributed by atoms with Crippen LogP contribution in [0.15, 0.2) is 78.9 Å². The molecule has 2 aliphatic heterocycles. The predicted octanol–water partition coefficient (Wildman–Crippen LogP) is 6.99. The molecular formula is C32H23ClF3N3O5. The zero-order valence-corrected chi connectivity index (χ0v) is 23.8. The minimum atomic E-state index is -4.51. The number of nitrogens with zero attached hydrogens (tertiary/aromatic N) is 1. The molecule has 1 atom stereocenters. The standard InChI is InChI=1S/C32H23ClF3N3O5/c1-17-29(40)38-26-14-21(33)6-10-24(26)31(42)39(17)15-18-2-9-23(25(12-18)19-3-11-27-28(13-19)44-16-43-27)30(41)37-22-7-4-20(5-8-22)32(34,35)36/h2-14,17H,15-16H2,1H3,(H,37,41)(H,38,40)/t17-/m1/s1. The molecular weight excluding hydrogens is 599 g/mol. The second kappa shape index (κ2) is 11.2. The fourth-order valence-electron chi connectivity index (χ4n) is 5.05. The van der Waals surface area contributed by atoms with Crippen LogP contribution in [0.2, 0.25) is 5.02 Å². The van der Waals surface area contributed by atoms with Crippen molar-refractivity contribution >= 4 is 40.7 Å². The van der Waals surface area contributed by atoms with E-state index in [0.717, 1.165) is 12.1 Å². The Morgan fingerprint density at radius 1 is 0.955 bits per heavy atom. The number of nitrogens with one attached hydrogen (secondary N) is 2. The Balaban J connectivity index is 1.35. The van der Waals surface area contributed by atoms with Crippen LogP contribution in [-0.2, 0) is 17.5 Å². The van der Waals surface area contributed by atoms with E-state index in [0.29, 0.717) is 38.9 Å². The first-order valence-corrected chi connectivity index (χ1v) is 13.8. The molecule has 0 bridgehead atoms. The van der Waals surface area contributed by atoms with Crippen molar-refractivity contribution in [3.63, 3.8) is 0 Å². The highest BCUT2D eigenvalue weighted by Crippen LogP contribution is 2.38. The van der Waals surface area contributed by atoms with Gasteiger partial charge in [0.05, 0.1) is 16.8 Å². The van der Waals surface area contributed by atoms with Gasteiger partial charge in [-0.15, -0.1) is 0 Å². The number of rotatable bonds is 5. The Morgan fingerprint density at radius 3 is 2.45 bits per heavy atom. The minimum absolute atomic E-state index is 0.0356. The number of carbonyl (C=O) groups excluding carboxylic acids is 3. The molecule has 224 valence electrons. The maximum absolute atomic E-state index is 13.6. The summed E-state index contributed by atoms with van der Waals surface area (Å²) in [5.41, 5.74) is 1.86.